The van der Waals surface area contributed by atoms with Gasteiger partial charge in [0.25, 0.3) is 5.84 Å². The molecule has 6 aromatic carbocycles. The van der Waals surface area contributed by atoms with Gasteiger partial charge in [0.1, 0.15) is 5.71 Å². The van der Waals surface area contributed by atoms with E-state index in [0.717, 1.165) is 54.6 Å². The third kappa shape index (κ3) is 2.98. The maximum Gasteiger partial charge on any atom is 0.642 e. The third-order valence-electron chi connectivity index (χ3n) is 8.68. The van der Waals surface area contributed by atoms with E-state index in [9.17, 15) is 0 Å². The van der Waals surface area contributed by atoms with E-state index < -0.39 is 6.97 Å². The van der Waals surface area contributed by atoms with E-state index in [2.05, 4.69) is 0 Å². The maximum atomic E-state index is 17.7. The van der Waals surface area contributed by atoms with Crippen molar-refractivity contribution in [3.05, 3.63) is 150 Å². The lowest BCUT2D eigenvalue weighted by atomic mass is 9.90. The zero-order chi connectivity index (χ0) is 28.0. The molecular weight excluding hydrogens is 523 g/mol. The number of hydrogen-bond acceptors (Lipinski definition) is 1. The minimum absolute atomic E-state index is 0.291. The molecule has 0 amide bonds. The van der Waals surface area contributed by atoms with Crippen molar-refractivity contribution in [1.29, 1.82) is 0 Å². The molecule has 198 valence electrons. The van der Waals surface area contributed by atoms with Crippen molar-refractivity contribution in [3.8, 4) is 11.3 Å². The molecule has 0 N–H and O–H groups in total. The summed E-state index contributed by atoms with van der Waals surface area (Å²) in [7, 11) is 0. The van der Waals surface area contributed by atoms with Crippen LogP contribution in [0.15, 0.2) is 138 Å². The van der Waals surface area contributed by atoms with E-state index in [-0.39, 0.29) is 0 Å². The van der Waals surface area contributed by atoms with Crippen molar-refractivity contribution in [2.24, 2.45) is 4.99 Å². The molecular formula is C36H22BF2N3. The third-order valence-corrected chi connectivity index (χ3v) is 8.68. The topological polar surface area (TPSA) is 20.3 Å². The Morgan fingerprint density at radius 1 is 0.571 bits per heavy atom. The fraction of sp³-hybridized carbons (Fsp3) is 0. The molecule has 1 aromatic heterocycles. The molecule has 42 heavy (non-hydrogen) atoms. The maximum absolute atomic E-state index is 17.7. The fourth-order valence-corrected chi connectivity index (χ4v) is 6.95. The van der Waals surface area contributed by atoms with Gasteiger partial charge in [-0.3, -0.25) is 0 Å². The first kappa shape index (κ1) is 23.4. The predicted molar refractivity (Wildman–Crippen MR) is 168 cm³/mol. The number of aliphatic imine (C=N–C) groups is 1. The van der Waals surface area contributed by atoms with Crippen LogP contribution in [0.5, 0.6) is 0 Å². The number of hydrogen-bond donors (Lipinski definition) is 0. The Kier molecular flexibility index (Phi) is 4.64. The molecule has 6 heteroatoms. The first-order valence-corrected chi connectivity index (χ1v) is 14.1. The Labute approximate surface area is 240 Å². The van der Waals surface area contributed by atoms with Crippen LogP contribution in [0, 0.1) is 0 Å². The smallest absolute Gasteiger partial charge is 0.414 e. The zero-order valence-corrected chi connectivity index (χ0v) is 22.4. The molecule has 3 nitrogen and oxygen atoms in total. The van der Waals surface area contributed by atoms with E-state index in [1.807, 2.05) is 133 Å². The molecule has 0 aliphatic carbocycles. The van der Waals surface area contributed by atoms with Crippen LogP contribution in [0.2, 0.25) is 0 Å². The van der Waals surface area contributed by atoms with Gasteiger partial charge in [0.2, 0.25) is 5.82 Å². The number of halogens is 2. The number of amidine groups is 1. The highest BCUT2D eigenvalue weighted by Gasteiger charge is 2.54. The summed E-state index contributed by atoms with van der Waals surface area (Å²) in [6.07, 6.45) is 0. The molecule has 2 aliphatic heterocycles. The Bertz CT molecular complexity index is 2320. The van der Waals surface area contributed by atoms with Crippen molar-refractivity contribution in [2.45, 2.75) is 0 Å². The molecule has 0 bridgehead atoms. The van der Waals surface area contributed by atoms with E-state index in [1.54, 1.807) is 0 Å². The number of aromatic nitrogens is 1. The molecule has 0 fully saturated rings. The summed E-state index contributed by atoms with van der Waals surface area (Å²) in [6, 6.07) is 42.9. The highest BCUT2D eigenvalue weighted by Crippen LogP contribution is 2.48. The van der Waals surface area contributed by atoms with Crippen LogP contribution in [-0.4, -0.2) is 27.5 Å². The summed E-state index contributed by atoms with van der Waals surface area (Å²) in [6.45, 7) is -4.38. The second kappa shape index (κ2) is 8.34. The summed E-state index contributed by atoms with van der Waals surface area (Å²) in [5.74, 6) is 0.582. The Morgan fingerprint density at radius 3 is 1.90 bits per heavy atom. The molecule has 0 atom stereocenters. The lowest BCUT2D eigenvalue weighted by Gasteiger charge is -2.31. The molecule has 0 saturated carbocycles. The van der Waals surface area contributed by atoms with Gasteiger partial charge < -0.3 is 17.6 Å². The van der Waals surface area contributed by atoms with Crippen LogP contribution >= 0.6 is 0 Å². The summed E-state index contributed by atoms with van der Waals surface area (Å²) >= 11 is 0. The summed E-state index contributed by atoms with van der Waals surface area (Å²) in [4.78, 5) is 5.13. The minimum atomic E-state index is -4.38. The monoisotopic (exact) mass is 545 g/mol. The zero-order valence-electron chi connectivity index (χ0n) is 22.4. The first-order chi connectivity index (χ1) is 20.6. The standard InChI is InChI=1S/C36H22BF2N3/c38-37(39)41-33(25-13-3-1-4-14-25)31-27-17-9-7-11-23(27)19-21-29(31)35(41)40-36-30-22-20-24-12-8-10-18-28(24)32(30)34(42(36)37)26-15-5-2-6-16-26/h1-22H. The van der Waals surface area contributed by atoms with Crippen LogP contribution in [-0.2, 0) is 0 Å². The molecule has 0 spiro atoms. The molecule has 3 heterocycles. The Morgan fingerprint density at radius 2 is 1.17 bits per heavy atom. The van der Waals surface area contributed by atoms with Gasteiger partial charge in [-0.1, -0.05) is 121 Å². The fourth-order valence-electron chi connectivity index (χ4n) is 6.95. The van der Waals surface area contributed by atoms with E-state index in [0.29, 0.717) is 23.1 Å². The molecule has 7 aromatic rings. The highest BCUT2D eigenvalue weighted by molar-refractivity contribution is 6.63. The number of benzene rings is 6. The van der Waals surface area contributed by atoms with Gasteiger partial charge in [0.15, 0.2) is 0 Å². The van der Waals surface area contributed by atoms with Crippen molar-refractivity contribution in [1.82, 2.24) is 4.48 Å². The summed E-state index contributed by atoms with van der Waals surface area (Å²) in [5, 5.41) is 5.38. The summed E-state index contributed by atoms with van der Waals surface area (Å²) in [5.41, 5.74) is 3.94. The van der Waals surface area contributed by atoms with Gasteiger partial charge in [-0.05, 0) is 44.2 Å². The van der Waals surface area contributed by atoms with Crippen molar-refractivity contribution in [2.75, 3.05) is 0 Å². The SMILES string of the molecule is F[B-]1(F)n2c(c3ccc4ccccc4c3c2-c2ccccc2)N=C2c3ccc4ccccc4c3C(c3ccccc3)=[N+]21. The Balaban J connectivity index is 1.49. The van der Waals surface area contributed by atoms with Gasteiger partial charge in [-0.25, -0.2) is 0 Å². The van der Waals surface area contributed by atoms with Gasteiger partial charge in [-0.15, -0.1) is 0 Å². The normalized spacial score (nSPS) is 15.1. The molecule has 0 unspecified atom stereocenters. The van der Waals surface area contributed by atoms with Crippen LogP contribution in [0.4, 0.5) is 14.4 Å². The largest absolute Gasteiger partial charge is 0.642 e. The van der Waals surface area contributed by atoms with Crippen LogP contribution in [0.1, 0.15) is 16.7 Å². The predicted octanol–water partition coefficient (Wildman–Crippen LogP) is 8.79. The molecule has 0 saturated heterocycles. The lowest BCUT2D eigenvalue weighted by molar-refractivity contribution is -0.292. The second-order valence-corrected chi connectivity index (χ2v) is 10.9. The second-order valence-electron chi connectivity index (χ2n) is 10.9. The Hall–Kier alpha value is -5.36. The van der Waals surface area contributed by atoms with Crippen molar-refractivity contribution in [3.63, 3.8) is 0 Å². The quantitative estimate of drug-likeness (QED) is 0.194. The number of fused-ring (bicyclic) bond motifs is 10. The van der Waals surface area contributed by atoms with Gasteiger partial charge in [0, 0.05) is 22.2 Å². The molecule has 2 aliphatic rings. The summed E-state index contributed by atoms with van der Waals surface area (Å²) < 4.78 is 37.8. The van der Waals surface area contributed by atoms with Gasteiger partial charge in [0.05, 0.1) is 10.9 Å². The van der Waals surface area contributed by atoms with E-state index in [1.165, 1.54) is 8.96 Å². The van der Waals surface area contributed by atoms with E-state index in [4.69, 9.17) is 4.99 Å². The lowest BCUT2D eigenvalue weighted by Crippen LogP contribution is -2.52. The van der Waals surface area contributed by atoms with Crippen LogP contribution in [0.3, 0.4) is 0 Å². The minimum Gasteiger partial charge on any atom is -0.414 e. The first-order valence-electron chi connectivity index (χ1n) is 14.1. The highest BCUT2D eigenvalue weighted by atomic mass is 19.2. The molecule has 0 radical (unpaired) electrons. The average Bonchev–Trinajstić information content (AvgIpc) is 3.57. The number of rotatable bonds is 2. The van der Waals surface area contributed by atoms with Crippen LogP contribution < -0.4 is 0 Å². The van der Waals surface area contributed by atoms with Gasteiger partial charge >= 0.3 is 6.97 Å². The van der Waals surface area contributed by atoms with E-state index >= 15 is 8.63 Å². The number of nitrogens with zero attached hydrogens (tertiary/aromatic N) is 3. The van der Waals surface area contributed by atoms with Gasteiger partial charge in [-0.2, -0.15) is 0 Å². The van der Waals surface area contributed by atoms with Crippen LogP contribution in [0.25, 0.3) is 43.6 Å². The average molecular weight is 545 g/mol. The van der Waals surface area contributed by atoms with Crippen molar-refractivity contribution >= 4 is 56.7 Å². The van der Waals surface area contributed by atoms with Crippen molar-refractivity contribution < 1.29 is 13.1 Å². The molecule has 9 rings (SSSR count).